The second-order valence-corrected chi connectivity index (χ2v) is 8.97. The minimum absolute atomic E-state index is 0.0512. The fraction of sp³-hybridized carbons (Fsp3) is 0.458. The van der Waals surface area contributed by atoms with E-state index in [2.05, 4.69) is 34.4 Å². The first-order valence-corrected chi connectivity index (χ1v) is 11.1. The summed E-state index contributed by atoms with van der Waals surface area (Å²) in [6, 6.07) is 7.65. The third-order valence-electron chi connectivity index (χ3n) is 6.55. The molecule has 3 amide bonds. The van der Waals surface area contributed by atoms with Crippen LogP contribution in [0.2, 0.25) is 0 Å². The molecule has 1 aromatic heterocycles. The van der Waals surface area contributed by atoms with Crippen LogP contribution in [0.15, 0.2) is 43.0 Å². The standard InChI is InChI=1S/C24H29N5O3/c1-15-4-5-16(2)29(15)22(31)19-8-6-18(7-9-19)17(3)27-23(32)24(10-11-24)28-21(30)20-12-25-14-26-13-20/h6-9,12-17H,4-5,10-11H2,1-3H3,(H,27,32)(H,28,30)/t15-,16?,17-/m1/s1. The lowest BCUT2D eigenvalue weighted by Crippen LogP contribution is -2.49. The number of hydrogen-bond acceptors (Lipinski definition) is 5. The molecule has 2 aliphatic rings. The topological polar surface area (TPSA) is 104 Å². The van der Waals surface area contributed by atoms with Gasteiger partial charge < -0.3 is 15.5 Å². The maximum absolute atomic E-state index is 12.9. The third kappa shape index (κ3) is 4.35. The minimum atomic E-state index is -0.890. The van der Waals surface area contributed by atoms with Crippen molar-refractivity contribution in [2.75, 3.05) is 0 Å². The Hall–Kier alpha value is -3.29. The molecule has 8 nitrogen and oxygen atoms in total. The Labute approximate surface area is 187 Å². The molecule has 0 spiro atoms. The molecule has 1 aliphatic heterocycles. The first-order chi connectivity index (χ1) is 15.3. The molecular weight excluding hydrogens is 406 g/mol. The summed E-state index contributed by atoms with van der Waals surface area (Å²) < 4.78 is 0. The number of nitrogens with zero attached hydrogens (tertiary/aromatic N) is 3. The van der Waals surface area contributed by atoms with Gasteiger partial charge in [-0.05, 0) is 64.2 Å². The number of hydrogen-bond donors (Lipinski definition) is 2. The molecule has 1 saturated carbocycles. The lowest BCUT2D eigenvalue weighted by atomic mass is 10.0. The first-order valence-electron chi connectivity index (χ1n) is 11.1. The van der Waals surface area contributed by atoms with Gasteiger partial charge in [0.1, 0.15) is 11.9 Å². The van der Waals surface area contributed by atoms with E-state index in [0.717, 1.165) is 18.4 Å². The molecule has 2 aromatic rings. The predicted octanol–water partition coefficient (Wildman–Crippen LogP) is 2.63. The van der Waals surface area contributed by atoms with E-state index in [1.807, 2.05) is 36.1 Å². The molecular formula is C24H29N5O3. The van der Waals surface area contributed by atoms with Crippen LogP contribution in [0.1, 0.15) is 78.8 Å². The van der Waals surface area contributed by atoms with Gasteiger partial charge in [-0.25, -0.2) is 9.97 Å². The molecule has 3 atom stereocenters. The second kappa shape index (κ2) is 8.68. The van der Waals surface area contributed by atoms with Gasteiger partial charge >= 0.3 is 0 Å². The summed E-state index contributed by atoms with van der Waals surface area (Å²) in [6.07, 6.45) is 7.43. The number of amides is 3. The summed E-state index contributed by atoms with van der Waals surface area (Å²) in [4.78, 5) is 47.8. The Morgan fingerprint density at radius 2 is 1.59 bits per heavy atom. The zero-order valence-corrected chi connectivity index (χ0v) is 18.7. The number of carbonyl (C=O) groups excluding carboxylic acids is 3. The summed E-state index contributed by atoms with van der Waals surface area (Å²) in [5.74, 6) is -0.524. The van der Waals surface area contributed by atoms with Crippen molar-refractivity contribution in [2.24, 2.45) is 0 Å². The highest BCUT2D eigenvalue weighted by atomic mass is 16.2. The van der Waals surface area contributed by atoms with Crippen LogP contribution in [0, 0.1) is 0 Å². The molecule has 4 rings (SSSR count). The monoisotopic (exact) mass is 435 g/mol. The highest BCUT2D eigenvalue weighted by Crippen LogP contribution is 2.36. The average Bonchev–Trinajstić information content (AvgIpc) is 3.51. The number of aromatic nitrogens is 2. The van der Waals surface area contributed by atoms with E-state index in [1.54, 1.807) is 0 Å². The Morgan fingerprint density at radius 3 is 2.16 bits per heavy atom. The fourth-order valence-electron chi connectivity index (χ4n) is 4.32. The van der Waals surface area contributed by atoms with E-state index in [4.69, 9.17) is 0 Å². The van der Waals surface area contributed by atoms with Crippen molar-refractivity contribution in [3.63, 3.8) is 0 Å². The van der Waals surface area contributed by atoms with Crippen LogP contribution < -0.4 is 10.6 Å². The summed E-state index contributed by atoms with van der Waals surface area (Å²) in [5, 5.41) is 5.82. The number of nitrogens with one attached hydrogen (secondary N) is 2. The minimum Gasteiger partial charge on any atom is -0.348 e. The van der Waals surface area contributed by atoms with Gasteiger partial charge in [0.15, 0.2) is 0 Å². The molecule has 0 bridgehead atoms. The van der Waals surface area contributed by atoms with E-state index in [0.29, 0.717) is 24.0 Å². The summed E-state index contributed by atoms with van der Waals surface area (Å²) in [5.41, 5.74) is 0.987. The molecule has 1 aliphatic carbocycles. The Balaban J connectivity index is 1.37. The Morgan fingerprint density at radius 1 is 1.00 bits per heavy atom. The molecule has 0 radical (unpaired) electrons. The normalized spacial score (nSPS) is 22.2. The number of carbonyl (C=O) groups is 3. The van der Waals surface area contributed by atoms with Gasteiger partial charge in [-0.3, -0.25) is 14.4 Å². The van der Waals surface area contributed by atoms with E-state index in [-0.39, 0.29) is 35.8 Å². The van der Waals surface area contributed by atoms with Gasteiger partial charge in [-0.15, -0.1) is 0 Å². The van der Waals surface area contributed by atoms with E-state index >= 15 is 0 Å². The fourth-order valence-corrected chi connectivity index (χ4v) is 4.32. The maximum Gasteiger partial charge on any atom is 0.255 e. The summed E-state index contributed by atoms with van der Waals surface area (Å²) in [6.45, 7) is 6.07. The molecule has 1 unspecified atom stereocenters. The van der Waals surface area contributed by atoms with Gasteiger partial charge in [-0.1, -0.05) is 12.1 Å². The second-order valence-electron chi connectivity index (χ2n) is 8.97. The van der Waals surface area contributed by atoms with Crippen molar-refractivity contribution in [3.8, 4) is 0 Å². The van der Waals surface area contributed by atoms with E-state index < -0.39 is 5.54 Å². The number of benzene rings is 1. The third-order valence-corrected chi connectivity index (χ3v) is 6.55. The average molecular weight is 436 g/mol. The highest BCUT2D eigenvalue weighted by molar-refractivity contribution is 6.00. The van der Waals surface area contributed by atoms with Gasteiger partial charge in [0, 0.05) is 30.0 Å². The summed E-state index contributed by atoms with van der Waals surface area (Å²) >= 11 is 0. The van der Waals surface area contributed by atoms with E-state index in [1.165, 1.54) is 18.7 Å². The van der Waals surface area contributed by atoms with Crippen LogP contribution >= 0.6 is 0 Å². The highest BCUT2D eigenvalue weighted by Gasteiger charge is 2.51. The molecule has 2 heterocycles. The Bertz CT molecular complexity index is 994. The zero-order valence-electron chi connectivity index (χ0n) is 18.7. The lowest BCUT2D eigenvalue weighted by molar-refractivity contribution is -0.124. The Kier molecular flexibility index (Phi) is 5.95. The van der Waals surface area contributed by atoms with Gasteiger partial charge in [0.2, 0.25) is 5.91 Å². The quantitative estimate of drug-likeness (QED) is 0.726. The lowest BCUT2D eigenvalue weighted by Gasteiger charge is -2.26. The molecule has 1 aromatic carbocycles. The van der Waals surface area contributed by atoms with Crippen LogP contribution in [0.5, 0.6) is 0 Å². The van der Waals surface area contributed by atoms with Crippen molar-refractivity contribution in [1.29, 1.82) is 0 Å². The maximum atomic E-state index is 12.9. The van der Waals surface area contributed by atoms with Crippen LogP contribution in [0.25, 0.3) is 0 Å². The molecule has 2 N–H and O–H groups in total. The molecule has 2 fully saturated rings. The zero-order chi connectivity index (χ0) is 22.9. The van der Waals surface area contributed by atoms with Crippen LogP contribution in [-0.2, 0) is 4.79 Å². The first kappa shape index (κ1) is 21.9. The van der Waals surface area contributed by atoms with Crippen molar-refractivity contribution < 1.29 is 14.4 Å². The van der Waals surface area contributed by atoms with Gasteiger partial charge in [-0.2, -0.15) is 0 Å². The number of rotatable bonds is 6. The van der Waals surface area contributed by atoms with Crippen molar-refractivity contribution in [1.82, 2.24) is 25.5 Å². The van der Waals surface area contributed by atoms with Crippen molar-refractivity contribution in [2.45, 2.75) is 70.1 Å². The van der Waals surface area contributed by atoms with Crippen LogP contribution in [0.4, 0.5) is 0 Å². The predicted molar refractivity (Wildman–Crippen MR) is 119 cm³/mol. The largest absolute Gasteiger partial charge is 0.348 e. The molecule has 168 valence electrons. The van der Waals surface area contributed by atoms with Gasteiger partial charge in [0.25, 0.3) is 11.8 Å². The van der Waals surface area contributed by atoms with Crippen LogP contribution in [-0.4, -0.2) is 50.2 Å². The van der Waals surface area contributed by atoms with Crippen LogP contribution in [0.3, 0.4) is 0 Å². The SMILES string of the molecule is CC1CC[C@@H](C)N1C(=O)c1ccc([C@@H](C)NC(=O)C2(NC(=O)c3cncnc3)CC2)cc1. The summed E-state index contributed by atoms with van der Waals surface area (Å²) in [7, 11) is 0. The molecule has 1 saturated heterocycles. The van der Waals surface area contributed by atoms with Crippen molar-refractivity contribution in [3.05, 3.63) is 59.7 Å². The molecule has 8 heteroatoms. The number of likely N-dealkylation sites (tertiary alicyclic amines) is 1. The smallest absolute Gasteiger partial charge is 0.255 e. The van der Waals surface area contributed by atoms with Crippen molar-refractivity contribution >= 4 is 17.7 Å². The molecule has 32 heavy (non-hydrogen) atoms. The van der Waals surface area contributed by atoms with Gasteiger partial charge in [0.05, 0.1) is 11.6 Å². The van der Waals surface area contributed by atoms with E-state index in [9.17, 15) is 14.4 Å².